The lowest BCUT2D eigenvalue weighted by molar-refractivity contribution is 0.102. The fourth-order valence-corrected chi connectivity index (χ4v) is 4.87. The summed E-state index contributed by atoms with van der Waals surface area (Å²) >= 11 is 1.68. The van der Waals surface area contributed by atoms with Crippen molar-refractivity contribution in [2.24, 2.45) is 5.92 Å². The van der Waals surface area contributed by atoms with Gasteiger partial charge in [0.05, 0.1) is 17.8 Å². The molecule has 0 saturated heterocycles. The smallest absolute Gasteiger partial charge is 0.259 e. The van der Waals surface area contributed by atoms with Crippen LogP contribution in [0.15, 0.2) is 47.9 Å². The average Bonchev–Trinajstić information content (AvgIpc) is 3.13. The SMILES string of the molecule is Cc1c(NC(=O)c2cccnc2SCC2CCCCC2)nnn1Cc1ccncc1. The van der Waals surface area contributed by atoms with E-state index in [2.05, 4.69) is 25.6 Å². The number of hydrogen-bond acceptors (Lipinski definition) is 6. The summed E-state index contributed by atoms with van der Waals surface area (Å²) in [7, 11) is 0. The van der Waals surface area contributed by atoms with Crippen LogP contribution >= 0.6 is 11.8 Å². The molecule has 0 unspecified atom stereocenters. The molecule has 0 atom stereocenters. The third kappa shape index (κ3) is 5.05. The lowest BCUT2D eigenvalue weighted by Crippen LogP contribution is -2.15. The Morgan fingerprint density at radius 1 is 1.17 bits per heavy atom. The van der Waals surface area contributed by atoms with Crippen molar-refractivity contribution >= 4 is 23.5 Å². The summed E-state index contributed by atoms with van der Waals surface area (Å²) in [6.07, 6.45) is 11.8. The van der Waals surface area contributed by atoms with Gasteiger partial charge in [-0.1, -0.05) is 24.5 Å². The number of aromatic nitrogens is 5. The van der Waals surface area contributed by atoms with Crippen LogP contribution in [0.2, 0.25) is 0 Å². The van der Waals surface area contributed by atoms with E-state index in [0.29, 0.717) is 17.9 Å². The molecule has 0 aliphatic heterocycles. The molecule has 3 aromatic rings. The topological polar surface area (TPSA) is 85.6 Å². The molecule has 1 aliphatic carbocycles. The third-order valence-corrected chi connectivity index (χ3v) is 6.73. The third-order valence-electron chi connectivity index (χ3n) is 5.49. The number of nitrogens with one attached hydrogen (secondary N) is 1. The quantitative estimate of drug-likeness (QED) is 0.570. The van der Waals surface area contributed by atoms with Crippen LogP contribution in [0.1, 0.15) is 53.7 Å². The molecule has 1 saturated carbocycles. The Morgan fingerprint density at radius 3 is 2.77 bits per heavy atom. The minimum absolute atomic E-state index is 0.201. The normalized spacial score (nSPS) is 14.6. The van der Waals surface area contributed by atoms with Crippen LogP contribution in [0.5, 0.6) is 0 Å². The van der Waals surface area contributed by atoms with Crippen LogP contribution in [-0.2, 0) is 6.54 Å². The predicted octanol–water partition coefficient (Wildman–Crippen LogP) is 4.35. The Hall–Kier alpha value is -2.74. The Kier molecular flexibility index (Phi) is 6.74. The molecular formula is C22H26N6OS. The van der Waals surface area contributed by atoms with Crippen molar-refractivity contribution in [1.82, 2.24) is 25.0 Å². The van der Waals surface area contributed by atoms with Crippen LogP contribution in [0.25, 0.3) is 0 Å². The minimum atomic E-state index is -0.201. The Balaban J connectivity index is 1.43. The Labute approximate surface area is 180 Å². The number of rotatable bonds is 7. The summed E-state index contributed by atoms with van der Waals surface area (Å²) in [6.45, 7) is 2.48. The molecule has 3 aromatic heterocycles. The van der Waals surface area contributed by atoms with Gasteiger partial charge in [-0.3, -0.25) is 9.78 Å². The molecule has 30 heavy (non-hydrogen) atoms. The molecule has 0 spiro atoms. The maximum atomic E-state index is 13.0. The number of nitrogens with zero attached hydrogens (tertiary/aromatic N) is 5. The van der Waals surface area contributed by atoms with Crippen molar-refractivity contribution in [2.45, 2.75) is 50.6 Å². The summed E-state index contributed by atoms with van der Waals surface area (Å²) in [5.41, 5.74) is 2.46. The highest BCUT2D eigenvalue weighted by atomic mass is 32.2. The molecule has 0 radical (unpaired) electrons. The van der Waals surface area contributed by atoms with Gasteiger partial charge in [-0.25, -0.2) is 9.67 Å². The first kappa shape index (κ1) is 20.5. The molecule has 8 heteroatoms. The van der Waals surface area contributed by atoms with E-state index in [1.165, 1.54) is 32.1 Å². The minimum Gasteiger partial charge on any atom is -0.303 e. The van der Waals surface area contributed by atoms with Gasteiger partial charge in [-0.2, -0.15) is 0 Å². The van der Waals surface area contributed by atoms with Crippen LogP contribution in [-0.4, -0.2) is 36.6 Å². The fraction of sp³-hybridized carbons (Fsp3) is 0.409. The van der Waals surface area contributed by atoms with Crippen molar-refractivity contribution in [3.63, 3.8) is 0 Å². The molecule has 1 aliphatic rings. The molecule has 1 N–H and O–H groups in total. The van der Waals surface area contributed by atoms with E-state index >= 15 is 0 Å². The summed E-state index contributed by atoms with van der Waals surface area (Å²) in [6, 6.07) is 7.49. The number of hydrogen-bond donors (Lipinski definition) is 1. The molecule has 0 bridgehead atoms. The summed E-state index contributed by atoms with van der Waals surface area (Å²) in [5.74, 6) is 2.00. The Morgan fingerprint density at radius 2 is 1.97 bits per heavy atom. The van der Waals surface area contributed by atoms with Gasteiger partial charge < -0.3 is 5.32 Å². The lowest BCUT2D eigenvalue weighted by Gasteiger charge is -2.21. The second-order valence-corrected chi connectivity index (χ2v) is 8.67. The summed E-state index contributed by atoms with van der Waals surface area (Å²) in [5, 5.41) is 12.0. The fourth-order valence-electron chi connectivity index (χ4n) is 3.69. The van der Waals surface area contributed by atoms with E-state index in [0.717, 1.165) is 28.0 Å². The van der Waals surface area contributed by atoms with Crippen LogP contribution in [0.3, 0.4) is 0 Å². The molecule has 3 heterocycles. The van der Waals surface area contributed by atoms with Gasteiger partial charge in [-0.05, 0) is 55.5 Å². The van der Waals surface area contributed by atoms with Crippen molar-refractivity contribution in [2.75, 3.05) is 11.1 Å². The lowest BCUT2D eigenvalue weighted by atomic mass is 9.91. The zero-order chi connectivity index (χ0) is 20.8. The predicted molar refractivity (Wildman–Crippen MR) is 118 cm³/mol. The first-order valence-corrected chi connectivity index (χ1v) is 11.4. The van der Waals surface area contributed by atoms with Crippen LogP contribution in [0, 0.1) is 12.8 Å². The van der Waals surface area contributed by atoms with E-state index < -0.39 is 0 Å². The number of anilines is 1. The molecule has 0 aromatic carbocycles. The van der Waals surface area contributed by atoms with Crippen molar-refractivity contribution < 1.29 is 4.79 Å². The molecule has 1 amide bonds. The monoisotopic (exact) mass is 422 g/mol. The molecule has 4 rings (SSSR count). The number of amides is 1. The summed E-state index contributed by atoms with van der Waals surface area (Å²) < 4.78 is 1.77. The zero-order valence-corrected chi connectivity index (χ0v) is 17.9. The first-order chi connectivity index (χ1) is 14.7. The van der Waals surface area contributed by atoms with Gasteiger partial charge in [-0.15, -0.1) is 16.9 Å². The first-order valence-electron chi connectivity index (χ1n) is 10.4. The van der Waals surface area contributed by atoms with Gasteiger partial charge in [0.1, 0.15) is 5.03 Å². The van der Waals surface area contributed by atoms with E-state index in [1.54, 1.807) is 41.1 Å². The number of carbonyl (C=O) groups is 1. The average molecular weight is 423 g/mol. The largest absolute Gasteiger partial charge is 0.303 e. The highest BCUT2D eigenvalue weighted by Crippen LogP contribution is 2.30. The van der Waals surface area contributed by atoms with Crippen LogP contribution < -0.4 is 5.32 Å². The van der Waals surface area contributed by atoms with E-state index in [4.69, 9.17) is 0 Å². The highest BCUT2D eigenvalue weighted by Gasteiger charge is 2.19. The molecule has 1 fully saturated rings. The number of carbonyl (C=O) groups excluding carboxylic acids is 1. The van der Waals surface area contributed by atoms with Gasteiger partial charge in [0.2, 0.25) is 0 Å². The number of pyridine rings is 2. The maximum absolute atomic E-state index is 13.0. The maximum Gasteiger partial charge on any atom is 0.259 e. The van der Waals surface area contributed by atoms with Gasteiger partial charge in [0.15, 0.2) is 5.82 Å². The van der Waals surface area contributed by atoms with Gasteiger partial charge in [0, 0.05) is 24.3 Å². The highest BCUT2D eigenvalue weighted by molar-refractivity contribution is 7.99. The summed E-state index contributed by atoms with van der Waals surface area (Å²) in [4.78, 5) is 21.5. The second-order valence-electron chi connectivity index (χ2n) is 7.66. The van der Waals surface area contributed by atoms with Crippen molar-refractivity contribution in [1.29, 1.82) is 0 Å². The molecule has 156 valence electrons. The molecular weight excluding hydrogens is 396 g/mol. The van der Waals surface area contributed by atoms with Crippen molar-refractivity contribution in [3.8, 4) is 0 Å². The van der Waals surface area contributed by atoms with E-state index in [1.807, 2.05) is 25.1 Å². The Bertz CT molecular complexity index is 984. The number of thioether (sulfide) groups is 1. The van der Waals surface area contributed by atoms with Gasteiger partial charge in [0.25, 0.3) is 5.91 Å². The second kappa shape index (κ2) is 9.84. The van der Waals surface area contributed by atoms with Gasteiger partial charge >= 0.3 is 0 Å². The van der Waals surface area contributed by atoms with E-state index in [9.17, 15) is 4.79 Å². The van der Waals surface area contributed by atoms with Crippen LogP contribution in [0.4, 0.5) is 5.82 Å². The van der Waals surface area contributed by atoms with Crippen molar-refractivity contribution in [3.05, 3.63) is 59.7 Å². The molecule has 7 nitrogen and oxygen atoms in total. The standard InChI is InChI=1S/C22H26N6OS/c1-16-20(26-27-28(16)14-17-9-12-23-13-10-17)25-21(29)19-8-5-11-24-22(19)30-15-18-6-3-2-4-7-18/h5,8-13,18H,2-4,6-7,14-15H2,1H3,(H,25,29). The van der Waals surface area contributed by atoms with E-state index in [-0.39, 0.29) is 5.91 Å². The zero-order valence-electron chi connectivity index (χ0n) is 17.1.